The molecule has 2 aromatic carbocycles. The Labute approximate surface area is 259 Å². The minimum atomic E-state index is -0.505. The van der Waals surface area contributed by atoms with Crippen LogP contribution >= 0.6 is 0 Å². The van der Waals surface area contributed by atoms with E-state index >= 15 is 0 Å². The molecule has 1 saturated heterocycles. The van der Waals surface area contributed by atoms with Gasteiger partial charge >= 0.3 is 0 Å². The van der Waals surface area contributed by atoms with Crippen LogP contribution in [0.15, 0.2) is 54.6 Å². The van der Waals surface area contributed by atoms with Gasteiger partial charge < -0.3 is 15.1 Å². The lowest BCUT2D eigenvalue weighted by atomic mass is 9.99. The lowest BCUT2D eigenvalue weighted by Crippen LogP contribution is -2.53. The number of aromatic nitrogens is 3. The number of hydrogen-bond acceptors (Lipinski definition) is 6. The number of hydrogen-bond donors (Lipinski definition) is 1. The molecule has 0 saturated carbocycles. The predicted octanol–water partition coefficient (Wildman–Crippen LogP) is 3.05. The molecule has 0 unspecified atom stereocenters. The minimum absolute atomic E-state index is 0.0134. The molecule has 3 aliphatic rings. The number of rotatable bonds is 4. The van der Waals surface area contributed by atoms with Crippen LogP contribution in [-0.2, 0) is 40.3 Å². The summed E-state index contributed by atoms with van der Waals surface area (Å²) in [5.41, 5.74) is 3.71. The molecule has 4 heterocycles. The van der Waals surface area contributed by atoms with Gasteiger partial charge in [-0.2, -0.15) is 5.10 Å². The standard InChI is InChI=1S/C34H43N7O3/c1-25-35-33-29(22-26-10-3-2-4-11-26)36-34(44)30-14-7-8-18-40(30)31(42)15-9-17-39(20-21-41(33)37-25)32(43)24-38-19-16-27-12-5-6-13-28(27)23-38/h2-6,10-13,29-30H,7-9,14-24H2,1H3,(H,36,44)/t29-,30+/m1/s1. The first kappa shape index (κ1) is 30.0. The van der Waals surface area contributed by atoms with E-state index in [0.717, 1.165) is 37.9 Å². The molecule has 1 aromatic heterocycles. The molecule has 10 heteroatoms. The van der Waals surface area contributed by atoms with Gasteiger partial charge in [-0.25, -0.2) is 9.67 Å². The molecule has 0 radical (unpaired) electrons. The first-order valence-corrected chi connectivity index (χ1v) is 16.1. The van der Waals surface area contributed by atoms with Crippen LogP contribution in [0.25, 0.3) is 0 Å². The fraction of sp³-hybridized carbons (Fsp3) is 0.500. The largest absolute Gasteiger partial charge is 0.344 e. The Morgan fingerprint density at radius 2 is 1.68 bits per heavy atom. The number of carbonyl (C=O) groups excluding carboxylic acids is 3. The maximum absolute atomic E-state index is 13.8. The van der Waals surface area contributed by atoms with Gasteiger partial charge in [0, 0.05) is 39.1 Å². The van der Waals surface area contributed by atoms with Crippen LogP contribution in [0, 0.1) is 6.92 Å². The molecule has 0 bridgehead atoms. The Balaban J connectivity index is 1.26. The molecule has 6 rings (SSSR count). The quantitative estimate of drug-likeness (QED) is 0.496. The molecule has 2 atom stereocenters. The highest BCUT2D eigenvalue weighted by Gasteiger charge is 2.34. The van der Waals surface area contributed by atoms with Crippen molar-refractivity contribution in [3.63, 3.8) is 0 Å². The second-order valence-corrected chi connectivity index (χ2v) is 12.3. The lowest BCUT2D eigenvalue weighted by molar-refractivity contribution is -0.143. The summed E-state index contributed by atoms with van der Waals surface area (Å²) >= 11 is 0. The van der Waals surface area contributed by atoms with Crippen LogP contribution < -0.4 is 5.32 Å². The Hall–Kier alpha value is -4.05. The first-order valence-electron chi connectivity index (χ1n) is 16.1. The molecular weight excluding hydrogens is 554 g/mol. The van der Waals surface area contributed by atoms with Gasteiger partial charge in [0.1, 0.15) is 17.7 Å². The number of carbonyl (C=O) groups is 3. The molecule has 232 valence electrons. The van der Waals surface area contributed by atoms with Gasteiger partial charge in [-0.05, 0) is 62.1 Å². The van der Waals surface area contributed by atoms with Gasteiger partial charge in [-0.15, -0.1) is 0 Å². The van der Waals surface area contributed by atoms with E-state index in [-0.39, 0.29) is 17.7 Å². The Morgan fingerprint density at radius 1 is 0.886 bits per heavy atom. The Kier molecular flexibility index (Phi) is 9.35. The fourth-order valence-electron chi connectivity index (χ4n) is 6.84. The normalized spacial score (nSPS) is 21.9. The summed E-state index contributed by atoms with van der Waals surface area (Å²) in [5.74, 6) is 1.21. The van der Waals surface area contributed by atoms with Crippen molar-refractivity contribution >= 4 is 17.7 Å². The highest BCUT2D eigenvalue weighted by Crippen LogP contribution is 2.24. The van der Waals surface area contributed by atoms with Crippen LogP contribution in [-0.4, -0.2) is 86.0 Å². The smallest absolute Gasteiger partial charge is 0.243 e. The van der Waals surface area contributed by atoms with Crippen LogP contribution in [0.4, 0.5) is 0 Å². The van der Waals surface area contributed by atoms with Crippen molar-refractivity contribution in [3.8, 4) is 0 Å². The van der Waals surface area contributed by atoms with E-state index in [9.17, 15) is 14.4 Å². The summed E-state index contributed by atoms with van der Waals surface area (Å²) in [4.78, 5) is 51.7. The second kappa shape index (κ2) is 13.7. The Morgan fingerprint density at radius 3 is 2.52 bits per heavy atom. The van der Waals surface area contributed by atoms with E-state index in [2.05, 4.69) is 34.5 Å². The zero-order chi connectivity index (χ0) is 30.5. The number of benzene rings is 2. The monoisotopic (exact) mass is 597 g/mol. The van der Waals surface area contributed by atoms with Crippen LogP contribution in [0.5, 0.6) is 0 Å². The van der Waals surface area contributed by atoms with Crippen molar-refractivity contribution in [1.82, 2.24) is 34.8 Å². The summed E-state index contributed by atoms with van der Waals surface area (Å²) in [6.45, 7) is 5.77. The SMILES string of the molecule is Cc1nc2n(n1)CCN(C(=O)CN1CCc3ccccc3C1)CCCC(=O)N1CCCC[C@H]1C(=O)N[C@@H]2Cc1ccccc1. The van der Waals surface area contributed by atoms with Crippen LogP contribution in [0.3, 0.4) is 0 Å². The van der Waals surface area contributed by atoms with Crippen molar-refractivity contribution in [1.29, 1.82) is 0 Å². The zero-order valence-corrected chi connectivity index (χ0v) is 25.7. The predicted molar refractivity (Wildman–Crippen MR) is 166 cm³/mol. The topological polar surface area (TPSA) is 104 Å². The number of aryl methyl sites for hydroxylation is 1. The molecule has 1 N–H and O–H groups in total. The van der Waals surface area contributed by atoms with E-state index in [1.54, 1.807) is 4.90 Å². The molecular formula is C34H43N7O3. The maximum atomic E-state index is 13.8. The number of piperidine rings is 1. The second-order valence-electron chi connectivity index (χ2n) is 12.3. The summed E-state index contributed by atoms with van der Waals surface area (Å²) < 4.78 is 1.86. The number of nitrogens with zero attached hydrogens (tertiary/aromatic N) is 6. The molecule has 0 aliphatic carbocycles. The zero-order valence-electron chi connectivity index (χ0n) is 25.7. The summed E-state index contributed by atoms with van der Waals surface area (Å²) in [6.07, 6.45) is 4.79. The van der Waals surface area contributed by atoms with Crippen molar-refractivity contribution in [2.24, 2.45) is 0 Å². The van der Waals surface area contributed by atoms with Crippen LogP contribution in [0.2, 0.25) is 0 Å². The Bertz CT molecular complexity index is 1470. The first-order chi connectivity index (χ1) is 21.4. The van der Waals surface area contributed by atoms with E-state index in [4.69, 9.17) is 10.1 Å². The van der Waals surface area contributed by atoms with Crippen molar-refractivity contribution in [2.75, 3.05) is 32.7 Å². The third kappa shape index (κ3) is 7.01. The molecule has 3 amide bonds. The van der Waals surface area contributed by atoms with E-state index in [0.29, 0.717) is 70.1 Å². The molecule has 3 aromatic rings. The highest BCUT2D eigenvalue weighted by molar-refractivity contribution is 5.88. The van der Waals surface area contributed by atoms with Gasteiger partial charge in [0.2, 0.25) is 17.7 Å². The van der Waals surface area contributed by atoms with E-state index in [1.807, 2.05) is 46.8 Å². The molecule has 3 aliphatic heterocycles. The third-order valence-electron chi connectivity index (χ3n) is 9.16. The molecule has 44 heavy (non-hydrogen) atoms. The number of amides is 3. The van der Waals surface area contributed by atoms with Gasteiger partial charge in [0.05, 0.1) is 19.1 Å². The summed E-state index contributed by atoms with van der Waals surface area (Å²) in [7, 11) is 0. The molecule has 1 fully saturated rings. The van der Waals surface area contributed by atoms with Gasteiger partial charge in [-0.1, -0.05) is 54.6 Å². The summed E-state index contributed by atoms with van der Waals surface area (Å²) in [6, 6.07) is 17.6. The maximum Gasteiger partial charge on any atom is 0.243 e. The third-order valence-corrected chi connectivity index (χ3v) is 9.16. The highest BCUT2D eigenvalue weighted by atomic mass is 16.2. The van der Waals surface area contributed by atoms with Crippen LogP contribution in [0.1, 0.15) is 66.5 Å². The average molecular weight is 598 g/mol. The minimum Gasteiger partial charge on any atom is -0.344 e. The number of nitrogens with one attached hydrogen (secondary N) is 1. The molecule has 0 spiro atoms. The van der Waals surface area contributed by atoms with Crippen molar-refractivity contribution < 1.29 is 14.4 Å². The molecule has 10 nitrogen and oxygen atoms in total. The average Bonchev–Trinajstić information content (AvgIpc) is 3.42. The summed E-state index contributed by atoms with van der Waals surface area (Å²) in [5, 5.41) is 7.97. The van der Waals surface area contributed by atoms with Gasteiger partial charge in [0.15, 0.2) is 0 Å². The van der Waals surface area contributed by atoms with Crippen molar-refractivity contribution in [3.05, 3.63) is 82.9 Å². The van der Waals surface area contributed by atoms with Gasteiger partial charge in [0.25, 0.3) is 0 Å². The number of fused-ring (bicyclic) bond motifs is 3. The lowest BCUT2D eigenvalue weighted by Gasteiger charge is -2.36. The van der Waals surface area contributed by atoms with E-state index < -0.39 is 12.1 Å². The van der Waals surface area contributed by atoms with Crippen molar-refractivity contribution in [2.45, 2.75) is 77.0 Å². The van der Waals surface area contributed by atoms with Gasteiger partial charge in [-0.3, -0.25) is 19.3 Å². The fourth-order valence-corrected chi connectivity index (χ4v) is 6.84. The van der Waals surface area contributed by atoms with E-state index in [1.165, 1.54) is 11.1 Å².